The largest absolute Gasteiger partial charge is 0.345 e. The van der Waals surface area contributed by atoms with E-state index >= 15 is 0 Å². The lowest BCUT2D eigenvalue weighted by Crippen LogP contribution is -2.11. The zero-order valence-corrected chi connectivity index (χ0v) is 12.7. The number of hydrogen-bond acceptors (Lipinski definition) is 5. The molecule has 4 rings (SSSR count). The van der Waals surface area contributed by atoms with Crippen molar-refractivity contribution < 1.29 is 4.79 Å². The van der Waals surface area contributed by atoms with Gasteiger partial charge in [0.25, 0.3) is 0 Å². The molecule has 1 N–H and O–H groups in total. The number of fused-ring (bicyclic) bond motifs is 2. The summed E-state index contributed by atoms with van der Waals surface area (Å²) in [6.07, 6.45) is 3.68. The average molecular weight is 306 g/mol. The summed E-state index contributed by atoms with van der Waals surface area (Å²) in [6, 6.07) is 5.89. The first-order valence-electron chi connectivity index (χ1n) is 7.36. The number of rotatable bonds is 2. The molecule has 4 aromatic rings. The van der Waals surface area contributed by atoms with Crippen molar-refractivity contribution in [2.24, 2.45) is 0 Å². The molecule has 0 unspecified atom stereocenters. The van der Waals surface area contributed by atoms with Crippen LogP contribution >= 0.6 is 0 Å². The fourth-order valence-electron chi connectivity index (χ4n) is 2.65. The van der Waals surface area contributed by atoms with Gasteiger partial charge in [0.15, 0.2) is 5.65 Å². The first-order valence-corrected chi connectivity index (χ1v) is 7.36. The van der Waals surface area contributed by atoms with E-state index in [-0.39, 0.29) is 5.91 Å². The van der Waals surface area contributed by atoms with Crippen LogP contribution in [0.2, 0.25) is 0 Å². The maximum absolute atomic E-state index is 12.0. The predicted molar refractivity (Wildman–Crippen MR) is 86.1 cm³/mol. The van der Waals surface area contributed by atoms with Crippen LogP contribution in [0.5, 0.6) is 0 Å². The van der Waals surface area contributed by atoms with Gasteiger partial charge < -0.3 is 4.98 Å². The van der Waals surface area contributed by atoms with Crippen molar-refractivity contribution in [2.45, 2.75) is 20.3 Å². The van der Waals surface area contributed by atoms with Crippen LogP contribution in [0.4, 0.5) is 0 Å². The molecular formula is C16H14N6O. The molecule has 0 saturated heterocycles. The van der Waals surface area contributed by atoms with E-state index in [1.54, 1.807) is 19.4 Å². The number of nitrogens with zero attached hydrogens (tertiary/aromatic N) is 5. The maximum atomic E-state index is 12.0. The number of carbonyl (C=O) groups excluding carboxylic acids is 1. The lowest BCUT2D eigenvalue weighted by molar-refractivity contribution is 0.0898. The molecule has 7 heteroatoms. The molecule has 1 aromatic carbocycles. The van der Waals surface area contributed by atoms with E-state index in [1.165, 1.54) is 4.68 Å². The van der Waals surface area contributed by atoms with Gasteiger partial charge in [-0.3, -0.25) is 4.79 Å². The molecule has 0 amide bonds. The predicted octanol–water partition coefficient (Wildman–Crippen LogP) is 2.73. The summed E-state index contributed by atoms with van der Waals surface area (Å²) in [6.45, 7) is 3.61. The molecule has 0 bridgehead atoms. The van der Waals surface area contributed by atoms with Crippen LogP contribution in [0, 0.1) is 6.92 Å². The van der Waals surface area contributed by atoms with Crippen molar-refractivity contribution in [1.29, 1.82) is 0 Å². The van der Waals surface area contributed by atoms with Crippen LogP contribution in [-0.4, -0.2) is 35.6 Å². The molecule has 23 heavy (non-hydrogen) atoms. The van der Waals surface area contributed by atoms with E-state index in [0.29, 0.717) is 17.9 Å². The third-order valence-corrected chi connectivity index (χ3v) is 3.77. The van der Waals surface area contributed by atoms with E-state index in [4.69, 9.17) is 0 Å². The molecular weight excluding hydrogens is 292 g/mol. The maximum Gasteiger partial charge on any atom is 0.248 e. The number of H-pyrrole nitrogens is 1. The molecule has 0 aliphatic heterocycles. The minimum Gasteiger partial charge on any atom is -0.345 e. The average Bonchev–Trinajstić information content (AvgIpc) is 3.19. The summed E-state index contributed by atoms with van der Waals surface area (Å²) in [4.78, 5) is 28.3. The van der Waals surface area contributed by atoms with Gasteiger partial charge in [-0.2, -0.15) is 9.78 Å². The Morgan fingerprint density at radius 1 is 1.30 bits per heavy atom. The van der Waals surface area contributed by atoms with Crippen molar-refractivity contribution in [3.05, 3.63) is 36.5 Å². The molecule has 0 atom stereocenters. The molecule has 0 radical (unpaired) electrons. The minimum absolute atomic E-state index is 0.0897. The topological polar surface area (TPSA) is 89.4 Å². The summed E-state index contributed by atoms with van der Waals surface area (Å²) in [5.41, 5.74) is 4.07. The molecule has 3 aromatic heterocycles. The highest BCUT2D eigenvalue weighted by atomic mass is 16.2. The number of hydrogen-bond donors (Lipinski definition) is 1. The highest BCUT2D eigenvalue weighted by Crippen LogP contribution is 2.28. The van der Waals surface area contributed by atoms with Crippen molar-refractivity contribution in [2.75, 3.05) is 0 Å². The van der Waals surface area contributed by atoms with Crippen LogP contribution in [-0.2, 0) is 0 Å². The Morgan fingerprint density at radius 3 is 3.00 bits per heavy atom. The van der Waals surface area contributed by atoms with Crippen molar-refractivity contribution in [1.82, 2.24) is 29.7 Å². The van der Waals surface area contributed by atoms with Gasteiger partial charge in [-0.05, 0) is 19.1 Å². The summed E-state index contributed by atoms with van der Waals surface area (Å²) in [5, 5.41) is 4.95. The van der Waals surface area contributed by atoms with E-state index in [2.05, 4.69) is 25.0 Å². The van der Waals surface area contributed by atoms with E-state index in [9.17, 15) is 4.79 Å². The Balaban J connectivity index is 1.99. The van der Waals surface area contributed by atoms with Gasteiger partial charge in [0.1, 0.15) is 5.82 Å². The zero-order chi connectivity index (χ0) is 16.0. The van der Waals surface area contributed by atoms with Crippen LogP contribution in [0.25, 0.3) is 33.3 Å². The second kappa shape index (κ2) is 4.98. The van der Waals surface area contributed by atoms with Crippen LogP contribution in [0.15, 0.2) is 30.7 Å². The molecule has 0 saturated carbocycles. The Labute approximate surface area is 131 Å². The van der Waals surface area contributed by atoms with E-state index in [1.807, 2.05) is 25.1 Å². The SMILES string of the molecule is CCC(=O)n1ncc2c(-c3ccc4nc[nH]c4c3)nc(C)nc21. The number of aryl methyl sites for hydroxylation is 1. The highest BCUT2D eigenvalue weighted by Gasteiger charge is 2.16. The molecule has 0 aliphatic rings. The normalized spacial score (nSPS) is 11.4. The van der Waals surface area contributed by atoms with Gasteiger partial charge in [-0.15, -0.1) is 0 Å². The lowest BCUT2D eigenvalue weighted by Gasteiger charge is -2.05. The number of aromatic nitrogens is 6. The smallest absolute Gasteiger partial charge is 0.248 e. The second-order valence-corrected chi connectivity index (χ2v) is 5.29. The number of carbonyl (C=O) groups is 1. The fraction of sp³-hybridized carbons (Fsp3) is 0.188. The van der Waals surface area contributed by atoms with Gasteiger partial charge in [-0.1, -0.05) is 13.0 Å². The standard InChI is InChI=1S/C16H14N6O/c1-3-14(23)22-16-11(7-19-22)15(20-9(2)21-16)10-4-5-12-13(6-10)18-8-17-12/h4-8H,3H2,1-2H3,(H,17,18). The summed E-state index contributed by atoms with van der Waals surface area (Å²) >= 11 is 0. The van der Waals surface area contributed by atoms with E-state index in [0.717, 1.165) is 27.7 Å². The number of nitrogens with one attached hydrogen (secondary N) is 1. The van der Waals surface area contributed by atoms with Crippen molar-refractivity contribution in [3.8, 4) is 11.3 Å². The van der Waals surface area contributed by atoms with Gasteiger partial charge in [0.2, 0.25) is 5.91 Å². The third kappa shape index (κ3) is 2.09. The van der Waals surface area contributed by atoms with Gasteiger partial charge in [0, 0.05) is 12.0 Å². The van der Waals surface area contributed by atoms with Crippen molar-refractivity contribution >= 4 is 28.0 Å². The second-order valence-electron chi connectivity index (χ2n) is 5.29. The molecule has 0 aliphatic carbocycles. The van der Waals surface area contributed by atoms with Crippen LogP contribution < -0.4 is 0 Å². The molecule has 114 valence electrons. The molecule has 3 heterocycles. The summed E-state index contributed by atoms with van der Waals surface area (Å²) in [5.74, 6) is 0.510. The first-order chi connectivity index (χ1) is 11.2. The number of imidazole rings is 1. The van der Waals surface area contributed by atoms with Crippen LogP contribution in [0.1, 0.15) is 24.0 Å². The molecule has 0 fully saturated rings. The highest BCUT2D eigenvalue weighted by molar-refractivity contribution is 5.96. The molecule has 0 spiro atoms. The molecule has 7 nitrogen and oxygen atoms in total. The van der Waals surface area contributed by atoms with Gasteiger partial charge >= 0.3 is 0 Å². The van der Waals surface area contributed by atoms with E-state index < -0.39 is 0 Å². The van der Waals surface area contributed by atoms with Crippen LogP contribution in [0.3, 0.4) is 0 Å². The zero-order valence-electron chi connectivity index (χ0n) is 12.7. The van der Waals surface area contributed by atoms with Crippen molar-refractivity contribution in [3.63, 3.8) is 0 Å². The first kappa shape index (κ1) is 13.6. The van der Waals surface area contributed by atoms with Gasteiger partial charge in [0.05, 0.1) is 34.6 Å². The summed E-state index contributed by atoms with van der Waals surface area (Å²) < 4.78 is 1.35. The van der Waals surface area contributed by atoms with Gasteiger partial charge in [-0.25, -0.2) is 15.0 Å². The third-order valence-electron chi connectivity index (χ3n) is 3.77. The Hall–Kier alpha value is -3.09. The fourth-order valence-corrected chi connectivity index (χ4v) is 2.65. The number of aromatic amines is 1. The lowest BCUT2D eigenvalue weighted by atomic mass is 10.1. The monoisotopic (exact) mass is 306 g/mol. The quantitative estimate of drug-likeness (QED) is 0.615. The summed E-state index contributed by atoms with van der Waals surface area (Å²) in [7, 11) is 0. The Bertz CT molecular complexity index is 1050. The Kier molecular flexibility index (Phi) is 2.94. The minimum atomic E-state index is -0.0897. The Morgan fingerprint density at radius 2 is 2.17 bits per heavy atom. The number of benzene rings is 1.